The first-order valence-corrected chi connectivity index (χ1v) is 7.21. The average Bonchev–Trinajstić information content (AvgIpc) is 3.13. The van der Waals surface area contributed by atoms with Crippen molar-refractivity contribution in [2.24, 2.45) is 0 Å². The van der Waals surface area contributed by atoms with Crippen LogP contribution >= 0.6 is 0 Å². The van der Waals surface area contributed by atoms with Crippen LogP contribution in [0.15, 0.2) is 36.5 Å². The first-order valence-electron chi connectivity index (χ1n) is 7.21. The first-order chi connectivity index (χ1) is 9.86. The number of nitrogens with one attached hydrogen (secondary N) is 1. The lowest BCUT2D eigenvalue weighted by Crippen LogP contribution is -2.30. The van der Waals surface area contributed by atoms with Gasteiger partial charge in [0.05, 0.1) is 7.11 Å². The van der Waals surface area contributed by atoms with Crippen molar-refractivity contribution < 1.29 is 4.74 Å². The van der Waals surface area contributed by atoms with Crippen LogP contribution in [0.4, 0.5) is 0 Å². The van der Waals surface area contributed by atoms with Crippen LogP contribution in [0.3, 0.4) is 0 Å². The molecule has 2 aromatic rings. The predicted octanol–water partition coefficient (Wildman–Crippen LogP) is 2.63. The Balaban J connectivity index is 1.69. The normalized spacial score (nSPS) is 19.4. The maximum Gasteiger partial charge on any atom is 0.122 e. The Morgan fingerprint density at radius 2 is 2.25 bits per heavy atom. The number of likely N-dealkylation sites (tertiary alicyclic amines) is 1. The van der Waals surface area contributed by atoms with Crippen molar-refractivity contribution in [1.82, 2.24) is 15.1 Å². The summed E-state index contributed by atoms with van der Waals surface area (Å²) in [4.78, 5) is 2.54. The summed E-state index contributed by atoms with van der Waals surface area (Å²) >= 11 is 0. The van der Waals surface area contributed by atoms with Gasteiger partial charge in [0.1, 0.15) is 5.75 Å². The van der Waals surface area contributed by atoms with Crippen molar-refractivity contribution in [1.29, 1.82) is 0 Å². The van der Waals surface area contributed by atoms with Crippen LogP contribution in [0.25, 0.3) is 0 Å². The summed E-state index contributed by atoms with van der Waals surface area (Å²) in [6.07, 6.45) is 5.40. The van der Waals surface area contributed by atoms with Crippen LogP contribution in [-0.4, -0.2) is 34.8 Å². The fraction of sp³-hybridized carbons (Fsp3) is 0.438. The Morgan fingerprint density at radius 3 is 3.05 bits per heavy atom. The standard InChI is InChI=1S/C16H21N3O/c1-20-16-7-3-2-5-13(16)11-15-6-4-10-19(15)12-14-8-9-17-18-14/h2-3,5,7-9,15H,4,6,10-12H2,1H3,(H,17,18)/t15-/m0/s1. The van der Waals surface area contributed by atoms with Crippen molar-refractivity contribution in [3.05, 3.63) is 47.8 Å². The Labute approximate surface area is 119 Å². The van der Waals surface area contributed by atoms with Gasteiger partial charge < -0.3 is 4.74 Å². The van der Waals surface area contributed by atoms with Crippen LogP contribution in [0, 0.1) is 0 Å². The number of benzene rings is 1. The number of hydrogen-bond donors (Lipinski definition) is 1. The molecule has 0 saturated carbocycles. The van der Waals surface area contributed by atoms with Crippen molar-refractivity contribution in [2.75, 3.05) is 13.7 Å². The van der Waals surface area contributed by atoms with Gasteiger partial charge in [-0.3, -0.25) is 10.00 Å². The van der Waals surface area contributed by atoms with Crippen LogP contribution in [0.5, 0.6) is 5.75 Å². The Morgan fingerprint density at radius 1 is 1.35 bits per heavy atom. The van der Waals surface area contributed by atoms with Crippen LogP contribution in [0.2, 0.25) is 0 Å². The second kappa shape index (κ2) is 6.09. The van der Waals surface area contributed by atoms with E-state index in [1.54, 1.807) is 7.11 Å². The lowest BCUT2D eigenvalue weighted by Gasteiger charge is -2.24. The molecule has 1 fully saturated rings. The van der Waals surface area contributed by atoms with E-state index in [-0.39, 0.29) is 0 Å². The molecule has 4 heteroatoms. The summed E-state index contributed by atoms with van der Waals surface area (Å²) < 4.78 is 5.46. The summed E-state index contributed by atoms with van der Waals surface area (Å²) in [5.74, 6) is 1.00. The molecular formula is C16H21N3O. The van der Waals surface area contributed by atoms with Gasteiger partial charge in [0.25, 0.3) is 0 Å². The summed E-state index contributed by atoms with van der Waals surface area (Å²) in [6, 6.07) is 11.0. The highest BCUT2D eigenvalue weighted by Crippen LogP contribution is 2.26. The van der Waals surface area contributed by atoms with Gasteiger partial charge in [-0.2, -0.15) is 5.10 Å². The molecule has 0 unspecified atom stereocenters. The van der Waals surface area contributed by atoms with Crippen LogP contribution in [0.1, 0.15) is 24.1 Å². The van der Waals surface area contributed by atoms with Gasteiger partial charge in [0.15, 0.2) is 0 Å². The molecule has 1 aliphatic heterocycles. The van der Waals surface area contributed by atoms with Gasteiger partial charge in [-0.25, -0.2) is 0 Å². The summed E-state index contributed by atoms with van der Waals surface area (Å²) in [5, 5.41) is 7.08. The SMILES string of the molecule is COc1ccccc1C[C@@H]1CCCN1Cc1ccn[nH]1. The minimum Gasteiger partial charge on any atom is -0.496 e. The van der Waals surface area contributed by atoms with Gasteiger partial charge in [-0.05, 0) is 43.5 Å². The third-order valence-electron chi connectivity index (χ3n) is 4.08. The third kappa shape index (κ3) is 2.85. The molecule has 106 valence electrons. The molecule has 4 nitrogen and oxygen atoms in total. The van der Waals surface area contributed by atoms with Gasteiger partial charge in [-0.15, -0.1) is 0 Å². The van der Waals surface area contributed by atoms with E-state index in [4.69, 9.17) is 4.74 Å². The average molecular weight is 271 g/mol. The molecule has 0 bridgehead atoms. The number of aromatic nitrogens is 2. The second-order valence-electron chi connectivity index (χ2n) is 5.36. The monoisotopic (exact) mass is 271 g/mol. The van der Waals surface area contributed by atoms with Gasteiger partial charge >= 0.3 is 0 Å². The van der Waals surface area contributed by atoms with E-state index < -0.39 is 0 Å². The maximum absolute atomic E-state index is 5.46. The van der Waals surface area contributed by atoms with E-state index in [2.05, 4.69) is 33.3 Å². The van der Waals surface area contributed by atoms with Crippen molar-refractivity contribution >= 4 is 0 Å². The molecule has 1 aromatic carbocycles. The molecule has 1 aliphatic rings. The van der Waals surface area contributed by atoms with E-state index in [9.17, 15) is 0 Å². The Hall–Kier alpha value is -1.81. The zero-order chi connectivity index (χ0) is 13.8. The predicted molar refractivity (Wildman–Crippen MR) is 78.7 cm³/mol. The largest absolute Gasteiger partial charge is 0.496 e. The van der Waals surface area contributed by atoms with Gasteiger partial charge in [0, 0.05) is 24.5 Å². The number of para-hydroxylation sites is 1. The number of hydrogen-bond acceptors (Lipinski definition) is 3. The fourth-order valence-corrected chi connectivity index (χ4v) is 3.05. The minimum atomic E-state index is 0.592. The van der Waals surface area contributed by atoms with Crippen LogP contribution < -0.4 is 4.74 Å². The lowest BCUT2D eigenvalue weighted by atomic mass is 10.0. The van der Waals surface area contributed by atoms with Gasteiger partial charge in [0.2, 0.25) is 0 Å². The number of ether oxygens (including phenoxy) is 1. The summed E-state index contributed by atoms with van der Waals surface area (Å²) in [5.41, 5.74) is 2.49. The minimum absolute atomic E-state index is 0.592. The molecule has 0 amide bonds. The van der Waals surface area contributed by atoms with Crippen molar-refractivity contribution in [2.45, 2.75) is 31.8 Å². The molecule has 20 heavy (non-hydrogen) atoms. The number of aromatic amines is 1. The van der Waals surface area contributed by atoms with Crippen molar-refractivity contribution in [3.63, 3.8) is 0 Å². The highest BCUT2D eigenvalue weighted by Gasteiger charge is 2.25. The molecule has 1 atom stereocenters. The third-order valence-corrected chi connectivity index (χ3v) is 4.08. The zero-order valence-electron chi connectivity index (χ0n) is 11.9. The van der Waals surface area contributed by atoms with Crippen molar-refractivity contribution in [3.8, 4) is 5.75 Å². The first kappa shape index (κ1) is 13.2. The smallest absolute Gasteiger partial charge is 0.122 e. The molecule has 0 aliphatic carbocycles. The topological polar surface area (TPSA) is 41.1 Å². The lowest BCUT2D eigenvalue weighted by molar-refractivity contribution is 0.239. The number of methoxy groups -OCH3 is 1. The molecule has 1 saturated heterocycles. The number of rotatable bonds is 5. The molecule has 2 heterocycles. The second-order valence-corrected chi connectivity index (χ2v) is 5.36. The summed E-state index contributed by atoms with van der Waals surface area (Å²) in [7, 11) is 1.75. The fourth-order valence-electron chi connectivity index (χ4n) is 3.05. The molecule has 3 rings (SSSR count). The Bertz CT molecular complexity index is 538. The molecule has 1 aromatic heterocycles. The van der Waals surface area contributed by atoms with E-state index in [0.717, 1.165) is 18.7 Å². The van der Waals surface area contributed by atoms with E-state index in [1.807, 2.05) is 18.3 Å². The van der Waals surface area contributed by atoms with E-state index in [0.29, 0.717) is 6.04 Å². The number of H-pyrrole nitrogens is 1. The molecular weight excluding hydrogens is 250 g/mol. The molecule has 0 radical (unpaired) electrons. The maximum atomic E-state index is 5.46. The highest BCUT2D eigenvalue weighted by atomic mass is 16.5. The summed E-state index contributed by atoms with van der Waals surface area (Å²) in [6.45, 7) is 2.12. The molecule has 0 spiro atoms. The Kier molecular flexibility index (Phi) is 4.02. The van der Waals surface area contributed by atoms with Gasteiger partial charge in [-0.1, -0.05) is 18.2 Å². The quantitative estimate of drug-likeness (QED) is 0.909. The van der Waals surface area contributed by atoms with E-state index in [1.165, 1.54) is 30.6 Å². The zero-order valence-corrected chi connectivity index (χ0v) is 11.9. The molecule has 1 N–H and O–H groups in total. The highest BCUT2D eigenvalue weighted by molar-refractivity contribution is 5.34. The number of nitrogens with zero attached hydrogens (tertiary/aromatic N) is 2. The van der Waals surface area contributed by atoms with E-state index >= 15 is 0 Å². The van der Waals surface area contributed by atoms with Crippen LogP contribution in [-0.2, 0) is 13.0 Å².